The monoisotopic (exact) mass is 308 g/mol. The van der Waals surface area contributed by atoms with Gasteiger partial charge >= 0.3 is 0 Å². The Hall–Kier alpha value is -0.980. The Morgan fingerprint density at radius 2 is 2.38 bits per heavy atom. The van der Waals surface area contributed by atoms with Crippen molar-refractivity contribution in [1.29, 1.82) is 0 Å². The Labute approximate surface area is 130 Å². The predicted molar refractivity (Wildman–Crippen MR) is 85.7 cm³/mol. The zero-order chi connectivity index (χ0) is 14.8. The molecule has 0 radical (unpaired) electrons. The van der Waals surface area contributed by atoms with Crippen LogP contribution in [0.4, 0.5) is 5.13 Å². The summed E-state index contributed by atoms with van der Waals surface area (Å²) in [5, 5.41) is 6.55. The maximum atomic E-state index is 11.5. The largest absolute Gasteiger partial charge is 0.307 e. The molecule has 0 saturated carbocycles. The van der Waals surface area contributed by atoms with Crippen LogP contribution in [0.25, 0.3) is 0 Å². The highest BCUT2D eigenvalue weighted by atomic mass is 32.1. The molecule has 2 aliphatic heterocycles. The van der Waals surface area contributed by atoms with Crippen molar-refractivity contribution in [1.82, 2.24) is 15.2 Å². The smallest absolute Gasteiger partial charge is 0.225 e. The van der Waals surface area contributed by atoms with E-state index in [0.29, 0.717) is 12.6 Å². The van der Waals surface area contributed by atoms with E-state index in [2.05, 4.69) is 20.6 Å². The van der Waals surface area contributed by atoms with Gasteiger partial charge in [0.25, 0.3) is 0 Å². The van der Waals surface area contributed by atoms with Crippen LogP contribution in [0.2, 0.25) is 0 Å². The number of hydrogen-bond donors (Lipinski definition) is 1. The maximum absolute atomic E-state index is 11.5. The number of nitrogens with zero attached hydrogens (tertiary/aromatic N) is 3. The molecule has 0 aromatic carbocycles. The van der Waals surface area contributed by atoms with Gasteiger partial charge in [-0.25, -0.2) is 4.98 Å². The second-order valence-corrected chi connectivity index (χ2v) is 6.74. The number of nitrogens with one attached hydrogen (secondary N) is 1. The zero-order valence-corrected chi connectivity index (χ0v) is 13.7. The lowest BCUT2D eigenvalue weighted by Gasteiger charge is -2.20. The van der Waals surface area contributed by atoms with Gasteiger partial charge in [0.05, 0.1) is 5.69 Å². The number of amides is 1. The minimum atomic E-state index is 0.0590. The third-order valence-electron chi connectivity index (χ3n) is 4.62. The van der Waals surface area contributed by atoms with E-state index in [1.165, 1.54) is 32.4 Å². The number of carbonyl (C=O) groups excluding carboxylic acids is 1. The highest BCUT2D eigenvalue weighted by Crippen LogP contribution is 2.28. The van der Waals surface area contributed by atoms with Crippen molar-refractivity contribution in [3.8, 4) is 0 Å². The first-order chi connectivity index (χ1) is 10.2. The van der Waals surface area contributed by atoms with Gasteiger partial charge in [0, 0.05) is 44.0 Å². The quantitative estimate of drug-likeness (QED) is 0.902. The average Bonchev–Trinajstić information content (AvgIpc) is 3.13. The van der Waals surface area contributed by atoms with Gasteiger partial charge < -0.3 is 5.32 Å². The number of carbonyl (C=O) groups is 1. The van der Waals surface area contributed by atoms with E-state index in [1.54, 1.807) is 23.2 Å². The van der Waals surface area contributed by atoms with Gasteiger partial charge in [-0.2, -0.15) is 0 Å². The van der Waals surface area contributed by atoms with Crippen molar-refractivity contribution < 1.29 is 4.79 Å². The van der Waals surface area contributed by atoms with Crippen LogP contribution in [0.15, 0.2) is 5.38 Å². The summed E-state index contributed by atoms with van der Waals surface area (Å²) in [5.41, 5.74) is 1.05. The van der Waals surface area contributed by atoms with Gasteiger partial charge in [-0.3, -0.25) is 14.6 Å². The lowest BCUT2D eigenvalue weighted by atomic mass is 10.1. The van der Waals surface area contributed by atoms with E-state index in [1.807, 2.05) is 6.92 Å². The molecule has 2 saturated heterocycles. The average molecular weight is 308 g/mol. The van der Waals surface area contributed by atoms with Crippen LogP contribution < -0.4 is 10.2 Å². The molecule has 2 fully saturated rings. The summed E-state index contributed by atoms with van der Waals surface area (Å²) >= 11 is 1.56. The van der Waals surface area contributed by atoms with Crippen LogP contribution in [0, 0.1) is 0 Å². The zero-order valence-electron chi connectivity index (χ0n) is 12.8. The molecule has 6 heteroatoms. The van der Waals surface area contributed by atoms with Gasteiger partial charge in [0.15, 0.2) is 5.13 Å². The molecule has 0 spiro atoms. The molecule has 5 nitrogen and oxygen atoms in total. The van der Waals surface area contributed by atoms with Crippen molar-refractivity contribution in [2.75, 3.05) is 24.5 Å². The molecule has 2 unspecified atom stereocenters. The van der Waals surface area contributed by atoms with Gasteiger partial charge in [-0.1, -0.05) is 0 Å². The van der Waals surface area contributed by atoms with Crippen LogP contribution in [0.3, 0.4) is 0 Å². The fraction of sp³-hybridized carbons (Fsp3) is 0.733. The molecule has 3 rings (SSSR count). The summed E-state index contributed by atoms with van der Waals surface area (Å²) < 4.78 is 0. The fourth-order valence-corrected chi connectivity index (χ4v) is 4.48. The molecule has 21 heavy (non-hydrogen) atoms. The minimum Gasteiger partial charge on any atom is -0.307 e. The van der Waals surface area contributed by atoms with Gasteiger partial charge in [-0.05, 0) is 32.7 Å². The lowest BCUT2D eigenvalue weighted by molar-refractivity contribution is -0.116. The fourth-order valence-electron chi connectivity index (χ4n) is 3.55. The Morgan fingerprint density at radius 1 is 1.52 bits per heavy atom. The topological polar surface area (TPSA) is 48.5 Å². The van der Waals surface area contributed by atoms with Crippen LogP contribution >= 0.6 is 11.3 Å². The second kappa shape index (κ2) is 6.42. The Balaban J connectivity index is 1.56. The van der Waals surface area contributed by atoms with Crippen molar-refractivity contribution in [2.45, 2.75) is 51.7 Å². The van der Waals surface area contributed by atoms with E-state index < -0.39 is 0 Å². The Kier molecular flexibility index (Phi) is 4.57. The first-order valence-corrected chi connectivity index (χ1v) is 8.77. The number of rotatable bonds is 5. The second-order valence-electron chi connectivity index (χ2n) is 5.91. The highest BCUT2D eigenvalue weighted by Gasteiger charge is 2.36. The van der Waals surface area contributed by atoms with Gasteiger partial charge in [0.1, 0.15) is 0 Å². The minimum absolute atomic E-state index is 0.0590. The molecule has 0 bridgehead atoms. The standard InChI is InChI=1S/C15H24N4OS/c1-3-19(11(2)20)15-17-12(10-21-15)9-16-13-6-8-18-7-4-5-14(13)18/h10,13-14,16H,3-9H2,1-2H3. The molecule has 2 atom stereocenters. The SMILES string of the molecule is CCN(C(C)=O)c1nc(CNC2CCN3CCCC23)cs1. The number of hydrogen-bond acceptors (Lipinski definition) is 5. The number of fused-ring (bicyclic) bond motifs is 1. The molecule has 116 valence electrons. The number of anilines is 1. The van der Waals surface area contributed by atoms with E-state index in [-0.39, 0.29) is 5.91 Å². The van der Waals surface area contributed by atoms with Crippen LogP contribution in [-0.2, 0) is 11.3 Å². The van der Waals surface area contributed by atoms with Crippen molar-refractivity contribution in [3.63, 3.8) is 0 Å². The van der Waals surface area contributed by atoms with E-state index >= 15 is 0 Å². The summed E-state index contributed by atoms with van der Waals surface area (Å²) in [7, 11) is 0. The Bertz CT molecular complexity index is 504. The maximum Gasteiger partial charge on any atom is 0.225 e. The number of thiazole rings is 1. The molecule has 1 aromatic rings. The van der Waals surface area contributed by atoms with E-state index in [9.17, 15) is 4.79 Å². The van der Waals surface area contributed by atoms with Crippen molar-refractivity contribution in [3.05, 3.63) is 11.1 Å². The Morgan fingerprint density at radius 3 is 3.14 bits per heavy atom. The predicted octanol–water partition coefficient (Wildman–Crippen LogP) is 1.84. The van der Waals surface area contributed by atoms with Crippen LogP contribution in [0.5, 0.6) is 0 Å². The first kappa shape index (κ1) is 14.9. The molecule has 1 amide bonds. The molecule has 2 aliphatic rings. The molecule has 1 N–H and O–H groups in total. The van der Waals surface area contributed by atoms with Gasteiger partial charge in [0.2, 0.25) is 5.91 Å². The number of aromatic nitrogens is 1. The third kappa shape index (κ3) is 3.12. The summed E-state index contributed by atoms with van der Waals surface area (Å²) in [6, 6.07) is 1.33. The van der Waals surface area contributed by atoms with Crippen molar-refractivity contribution in [2.24, 2.45) is 0 Å². The van der Waals surface area contributed by atoms with Crippen LogP contribution in [0.1, 0.15) is 38.8 Å². The third-order valence-corrected chi connectivity index (χ3v) is 5.53. The summed E-state index contributed by atoms with van der Waals surface area (Å²) in [4.78, 5) is 20.5. The summed E-state index contributed by atoms with van der Waals surface area (Å²) in [5.74, 6) is 0.0590. The van der Waals surface area contributed by atoms with Crippen molar-refractivity contribution >= 4 is 22.4 Å². The van der Waals surface area contributed by atoms with Crippen LogP contribution in [-0.4, -0.2) is 47.5 Å². The summed E-state index contributed by atoms with van der Waals surface area (Å²) in [6.07, 6.45) is 3.91. The highest BCUT2D eigenvalue weighted by molar-refractivity contribution is 7.14. The lowest BCUT2D eigenvalue weighted by Crippen LogP contribution is -2.38. The van der Waals surface area contributed by atoms with E-state index in [4.69, 9.17) is 0 Å². The molecule has 0 aliphatic carbocycles. The van der Waals surface area contributed by atoms with E-state index in [0.717, 1.165) is 23.4 Å². The van der Waals surface area contributed by atoms with Gasteiger partial charge in [-0.15, -0.1) is 11.3 Å². The normalized spacial score (nSPS) is 25.2. The molecule has 1 aromatic heterocycles. The molecular formula is C15H24N4OS. The summed E-state index contributed by atoms with van der Waals surface area (Å²) in [6.45, 7) is 7.56. The first-order valence-electron chi connectivity index (χ1n) is 7.89. The molecule has 3 heterocycles. The molecular weight excluding hydrogens is 284 g/mol.